The molecule has 0 aliphatic rings. The van der Waals surface area contributed by atoms with Gasteiger partial charge in [-0.25, -0.2) is 0 Å². The predicted molar refractivity (Wildman–Crippen MR) is 118 cm³/mol. The van der Waals surface area contributed by atoms with E-state index in [1.54, 1.807) is 20.3 Å². The van der Waals surface area contributed by atoms with Gasteiger partial charge in [-0.05, 0) is 63.5 Å². The molecule has 0 amide bonds. The minimum atomic E-state index is -0.813. The van der Waals surface area contributed by atoms with Gasteiger partial charge in [-0.15, -0.1) is 0 Å². The number of hydrogen-bond acceptors (Lipinski definition) is 5. The Morgan fingerprint density at radius 1 is 0.767 bits per heavy atom. The molecule has 2 N–H and O–H groups in total. The normalized spacial score (nSPS) is 11.5. The van der Waals surface area contributed by atoms with Crippen LogP contribution in [0.25, 0.3) is 21.5 Å². The van der Waals surface area contributed by atoms with Crippen LogP contribution in [0.2, 0.25) is 0 Å². The number of carbonyl (C=O) groups excluding carboxylic acids is 1. The number of hydrogen-bond donors (Lipinski definition) is 2. The molecular weight excluding hydrogens is 380 g/mol. The molecule has 0 radical (unpaired) electrons. The van der Waals surface area contributed by atoms with E-state index >= 15 is 0 Å². The summed E-state index contributed by atoms with van der Waals surface area (Å²) in [6.45, 7) is -0.262. The minimum Gasteiger partial charge on any atom is -0.497 e. The van der Waals surface area contributed by atoms with Gasteiger partial charge in [-0.2, -0.15) is 0 Å². The van der Waals surface area contributed by atoms with E-state index in [1.807, 2.05) is 66.7 Å². The Bertz CT molecular complexity index is 1150. The van der Waals surface area contributed by atoms with Crippen LogP contribution in [0.5, 0.6) is 11.5 Å². The van der Waals surface area contributed by atoms with Crippen LogP contribution in [0.1, 0.15) is 22.0 Å². The highest BCUT2D eigenvalue weighted by atomic mass is 16.5. The van der Waals surface area contributed by atoms with Crippen molar-refractivity contribution in [3.63, 3.8) is 0 Å². The SMILES string of the molecule is COc1ccc2cc(C(O)CO)ccc2c1.COc1ccc2cc(C=O)ccc2c1. The Kier molecular flexibility index (Phi) is 7.01. The standard InChI is InChI=1S/C13H14O3.C12H10O2/c1-16-12-5-4-9-6-11(13(15)8-14)3-2-10(9)7-12;1-14-12-5-4-10-6-9(8-13)2-3-11(10)7-12/h2-7,13-15H,8H2,1H3;2-8H,1H3. The summed E-state index contributed by atoms with van der Waals surface area (Å²) in [5, 5.41) is 22.6. The number of aldehydes is 1. The first-order valence-corrected chi connectivity index (χ1v) is 9.47. The molecule has 154 valence electrons. The molecule has 1 unspecified atom stereocenters. The van der Waals surface area contributed by atoms with Gasteiger partial charge in [-0.1, -0.05) is 36.4 Å². The number of fused-ring (bicyclic) bond motifs is 2. The highest BCUT2D eigenvalue weighted by molar-refractivity contribution is 5.89. The average Bonchev–Trinajstić information content (AvgIpc) is 2.82. The second-order valence-electron chi connectivity index (χ2n) is 6.76. The first kappa shape index (κ1) is 21.3. The number of aliphatic hydroxyl groups is 2. The van der Waals surface area contributed by atoms with Gasteiger partial charge in [-0.3, -0.25) is 4.79 Å². The Labute approximate surface area is 175 Å². The van der Waals surface area contributed by atoms with Gasteiger partial charge >= 0.3 is 0 Å². The van der Waals surface area contributed by atoms with Crippen molar-refractivity contribution >= 4 is 27.8 Å². The van der Waals surface area contributed by atoms with Gasteiger partial charge < -0.3 is 19.7 Å². The molecule has 0 spiro atoms. The number of benzene rings is 4. The van der Waals surface area contributed by atoms with E-state index in [9.17, 15) is 9.90 Å². The lowest BCUT2D eigenvalue weighted by Gasteiger charge is -2.09. The lowest BCUT2D eigenvalue weighted by atomic mass is 10.0. The monoisotopic (exact) mass is 404 g/mol. The molecule has 5 heteroatoms. The molecule has 30 heavy (non-hydrogen) atoms. The van der Waals surface area contributed by atoms with E-state index < -0.39 is 6.10 Å². The van der Waals surface area contributed by atoms with Crippen LogP contribution >= 0.6 is 0 Å². The van der Waals surface area contributed by atoms with Crippen molar-refractivity contribution in [1.82, 2.24) is 0 Å². The fraction of sp³-hybridized carbons (Fsp3) is 0.160. The van der Waals surface area contributed by atoms with Gasteiger partial charge in [0.1, 0.15) is 23.9 Å². The van der Waals surface area contributed by atoms with Crippen LogP contribution in [0, 0.1) is 0 Å². The van der Waals surface area contributed by atoms with Gasteiger partial charge in [0, 0.05) is 5.56 Å². The van der Waals surface area contributed by atoms with Gasteiger partial charge in [0.15, 0.2) is 0 Å². The van der Waals surface area contributed by atoms with Crippen molar-refractivity contribution in [1.29, 1.82) is 0 Å². The quantitative estimate of drug-likeness (QED) is 0.478. The molecule has 4 aromatic rings. The van der Waals surface area contributed by atoms with Crippen LogP contribution in [-0.2, 0) is 0 Å². The van der Waals surface area contributed by atoms with E-state index in [-0.39, 0.29) is 6.61 Å². The molecule has 1 atom stereocenters. The largest absolute Gasteiger partial charge is 0.497 e. The molecule has 4 aromatic carbocycles. The summed E-state index contributed by atoms with van der Waals surface area (Å²) in [6, 6.07) is 22.7. The van der Waals surface area contributed by atoms with E-state index in [0.29, 0.717) is 5.56 Å². The zero-order valence-electron chi connectivity index (χ0n) is 16.9. The van der Waals surface area contributed by atoms with Crippen LogP contribution in [0.15, 0.2) is 72.8 Å². The summed E-state index contributed by atoms with van der Waals surface area (Å²) in [7, 11) is 3.27. The van der Waals surface area contributed by atoms with Crippen LogP contribution in [0.4, 0.5) is 0 Å². The first-order chi connectivity index (χ1) is 14.6. The lowest BCUT2D eigenvalue weighted by molar-refractivity contribution is 0.0957. The maximum absolute atomic E-state index is 10.5. The molecule has 0 saturated carbocycles. The average molecular weight is 404 g/mol. The predicted octanol–water partition coefficient (Wildman–Crippen LogP) is 4.54. The fourth-order valence-corrected chi connectivity index (χ4v) is 3.12. The number of carbonyl (C=O) groups is 1. The molecule has 0 heterocycles. The summed E-state index contributed by atoms with van der Waals surface area (Å²) in [6.07, 6.45) is 0.0374. The first-order valence-electron chi connectivity index (χ1n) is 9.47. The molecule has 5 nitrogen and oxygen atoms in total. The van der Waals surface area contributed by atoms with Crippen molar-refractivity contribution in [3.05, 3.63) is 83.9 Å². The van der Waals surface area contributed by atoms with Crippen molar-refractivity contribution in [2.24, 2.45) is 0 Å². The molecule has 0 bridgehead atoms. The number of ether oxygens (including phenoxy) is 2. The number of aliphatic hydroxyl groups excluding tert-OH is 2. The Morgan fingerprint density at radius 2 is 1.27 bits per heavy atom. The van der Waals surface area contributed by atoms with Crippen molar-refractivity contribution in [3.8, 4) is 11.5 Å². The number of methoxy groups -OCH3 is 2. The summed E-state index contributed by atoms with van der Waals surface area (Å²) in [5.41, 5.74) is 1.42. The molecule has 0 aromatic heterocycles. The second-order valence-corrected chi connectivity index (χ2v) is 6.76. The summed E-state index contributed by atoms with van der Waals surface area (Å²) < 4.78 is 10.2. The molecule has 0 saturated heterocycles. The van der Waals surface area contributed by atoms with Gasteiger partial charge in [0.05, 0.1) is 20.8 Å². The Morgan fingerprint density at radius 3 is 1.80 bits per heavy atom. The topological polar surface area (TPSA) is 76.0 Å². The third-order valence-corrected chi connectivity index (χ3v) is 4.84. The molecule has 4 rings (SSSR count). The lowest BCUT2D eigenvalue weighted by Crippen LogP contribution is -2.01. The highest BCUT2D eigenvalue weighted by Gasteiger charge is 2.06. The zero-order valence-corrected chi connectivity index (χ0v) is 16.9. The van der Waals surface area contributed by atoms with E-state index in [0.717, 1.165) is 44.9 Å². The Balaban J connectivity index is 0.000000172. The van der Waals surface area contributed by atoms with Crippen molar-refractivity contribution in [2.45, 2.75) is 6.10 Å². The van der Waals surface area contributed by atoms with Gasteiger partial charge in [0.25, 0.3) is 0 Å². The smallest absolute Gasteiger partial charge is 0.150 e. The van der Waals surface area contributed by atoms with E-state index in [1.165, 1.54) is 0 Å². The van der Waals surface area contributed by atoms with Crippen LogP contribution < -0.4 is 9.47 Å². The Hall–Kier alpha value is -3.41. The molecule has 0 aliphatic heterocycles. The third-order valence-electron chi connectivity index (χ3n) is 4.84. The highest BCUT2D eigenvalue weighted by Crippen LogP contribution is 2.24. The van der Waals surface area contributed by atoms with Crippen molar-refractivity contribution < 1.29 is 24.5 Å². The van der Waals surface area contributed by atoms with Crippen molar-refractivity contribution in [2.75, 3.05) is 20.8 Å². The van der Waals surface area contributed by atoms with E-state index in [2.05, 4.69) is 0 Å². The zero-order chi connectivity index (χ0) is 21.5. The second kappa shape index (κ2) is 9.87. The third kappa shape index (κ3) is 4.95. The molecule has 0 fully saturated rings. The molecular formula is C25H24O5. The minimum absolute atomic E-state index is 0.262. The fourth-order valence-electron chi connectivity index (χ4n) is 3.12. The van der Waals surface area contributed by atoms with Crippen LogP contribution in [-0.4, -0.2) is 37.3 Å². The summed E-state index contributed by atoms with van der Waals surface area (Å²) in [4.78, 5) is 10.5. The maximum Gasteiger partial charge on any atom is 0.150 e. The van der Waals surface area contributed by atoms with Gasteiger partial charge in [0.2, 0.25) is 0 Å². The maximum atomic E-state index is 10.5. The van der Waals surface area contributed by atoms with Crippen LogP contribution in [0.3, 0.4) is 0 Å². The van der Waals surface area contributed by atoms with E-state index in [4.69, 9.17) is 14.6 Å². The summed E-state index contributed by atoms with van der Waals surface area (Å²) >= 11 is 0. The number of rotatable bonds is 5. The molecule has 0 aliphatic carbocycles. The summed E-state index contributed by atoms with van der Waals surface area (Å²) in [5.74, 6) is 1.64.